The van der Waals surface area contributed by atoms with E-state index in [0.717, 1.165) is 62.1 Å². The third-order valence-corrected chi connectivity index (χ3v) is 7.78. The molecule has 4 heteroatoms. The molecular formula is C38H46F4. The van der Waals surface area contributed by atoms with Crippen LogP contribution < -0.4 is 0 Å². The standard InChI is InChI=1S/C11H13F.C10H13F.C9H11F.C8H9F/c1-7-3-4-8(2)11(12)10(7)9-5-6-9;1-4-9-7(2)5-6-8(3)10(9)11;1-6-4-5-7(2)9(10)8(6)3;1-6-3-4-7(2)8(9)5-6/h3-4,9H,5-6H2,1-2H3;5-6H,4H2,1-3H3;4-5H,1-3H3;3-5H,1-2H3. The van der Waals surface area contributed by atoms with Crippen molar-refractivity contribution in [3.8, 4) is 0 Å². The van der Waals surface area contributed by atoms with Crippen LogP contribution in [0, 0.1) is 85.6 Å². The van der Waals surface area contributed by atoms with Crippen molar-refractivity contribution >= 4 is 0 Å². The van der Waals surface area contributed by atoms with Gasteiger partial charge in [-0.25, -0.2) is 17.6 Å². The highest BCUT2D eigenvalue weighted by Crippen LogP contribution is 2.43. The van der Waals surface area contributed by atoms with Gasteiger partial charge in [-0.05, 0) is 155 Å². The Morgan fingerprint density at radius 2 is 0.976 bits per heavy atom. The van der Waals surface area contributed by atoms with Crippen molar-refractivity contribution in [2.45, 2.75) is 94.4 Å². The molecule has 1 aliphatic carbocycles. The molecule has 0 bridgehead atoms. The summed E-state index contributed by atoms with van der Waals surface area (Å²) in [7, 11) is 0. The predicted octanol–water partition coefficient (Wildman–Crippen LogP) is 11.5. The second-order valence-electron chi connectivity index (χ2n) is 11.4. The van der Waals surface area contributed by atoms with Crippen LogP contribution in [0.2, 0.25) is 0 Å². The highest BCUT2D eigenvalue weighted by Gasteiger charge is 2.28. The zero-order valence-electron chi connectivity index (χ0n) is 26.9. The van der Waals surface area contributed by atoms with Crippen LogP contribution in [0.4, 0.5) is 17.6 Å². The monoisotopic (exact) mass is 578 g/mol. The summed E-state index contributed by atoms with van der Waals surface area (Å²) in [5, 5.41) is 0. The van der Waals surface area contributed by atoms with Crippen LogP contribution in [-0.4, -0.2) is 0 Å². The quantitative estimate of drug-likeness (QED) is 0.208. The van der Waals surface area contributed by atoms with E-state index in [1.807, 2.05) is 77.9 Å². The molecule has 0 spiro atoms. The van der Waals surface area contributed by atoms with E-state index in [4.69, 9.17) is 0 Å². The molecule has 0 saturated heterocycles. The van der Waals surface area contributed by atoms with Crippen molar-refractivity contribution in [1.29, 1.82) is 0 Å². The van der Waals surface area contributed by atoms with Gasteiger partial charge >= 0.3 is 0 Å². The van der Waals surface area contributed by atoms with Crippen molar-refractivity contribution in [3.63, 3.8) is 0 Å². The van der Waals surface area contributed by atoms with Gasteiger partial charge in [-0.15, -0.1) is 0 Å². The van der Waals surface area contributed by atoms with Crippen molar-refractivity contribution in [2.24, 2.45) is 0 Å². The van der Waals surface area contributed by atoms with Gasteiger partial charge in [-0.3, -0.25) is 0 Å². The van der Waals surface area contributed by atoms with Crippen molar-refractivity contribution in [1.82, 2.24) is 0 Å². The first-order chi connectivity index (χ1) is 19.7. The van der Waals surface area contributed by atoms with Gasteiger partial charge < -0.3 is 0 Å². The van der Waals surface area contributed by atoms with Crippen LogP contribution in [0.3, 0.4) is 0 Å². The lowest BCUT2D eigenvalue weighted by Crippen LogP contribution is -1.94. The molecule has 0 heterocycles. The molecule has 226 valence electrons. The molecule has 5 rings (SSSR count). The highest BCUT2D eigenvalue weighted by molar-refractivity contribution is 5.37. The molecule has 1 fully saturated rings. The van der Waals surface area contributed by atoms with Crippen molar-refractivity contribution in [3.05, 3.63) is 139 Å². The number of aryl methyl sites for hydroxylation is 8. The fraction of sp³-hybridized carbons (Fsp3) is 0.368. The van der Waals surface area contributed by atoms with E-state index in [-0.39, 0.29) is 23.3 Å². The molecular weight excluding hydrogens is 532 g/mol. The Morgan fingerprint density at radius 1 is 0.524 bits per heavy atom. The van der Waals surface area contributed by atoms with Gasteiger partial charge in [-0.1, -0.05) is 55.5 Å². The normalized spacial score (nSPS) is 11.9. The largest absolute Gasteiger partial charge is 0.207 e. The van der Waals surface area contributed by atoms with Gasteiger partial charge in [-0.2, -0.15) is 0 Å². The molecule has 0 atom stereocenters. The molecule has 1 aliphatic rings. The van der Waals surface area contributed by atoms with Gasteiger partial charge in [0, 0.05) is 0 Å². The summed E-state index contributed by atoms with van der Waals surface area (Å²) in [6.45, 7) is 18.7. The molecule has 1 saturated carbocycles. The number of hydrogen-bond acceptors (Lipinski definition) is 0. The maximum Gasteiger partial charge on any atom is 0.129 e. The van der Waals surface area contributed by atoms with E-state index in [9.17, 15) is 17.6 Å². The Morgan fingerprint density at radius 3 is 1.43 bits per heavy atom. The molecule has 4 aromatic carbocycles. The Balaban J connectivity index is 0.000000197. The first-order valence-corrected chi connectivity index (χ1v) is 14.6. The maximum atomic E-state index is 13.6. The van der Waals surface area contributed by atoms with Crippen LogP contribution in [0.1, 0.15) is 86.9 Å². The van der Waals surface area contributed by atoms with Crippen LogP contribution in [-0.2, 0) is 6.42 Å². The van der Waals surface area contributed by atoms with Crippen LogP contribution in [0.25, 0.3) is 0 Å². The first kappa shape index (κ1) is 34.8. The topological polar surface area (TPSA) is 0 Å². The summed E-state index contributed by atoms with van der Waals surface area (Å²) < 4.78 is 52.4. The zero-order chi connectivity index (χ0) is 31.7. The van der Waals surface area contributed by atoms with E-state index >= 15 is 0 Å². The minimum absolute atomic E-state index is 0.0255. The number of hydrogen-bond donors (Lipinski definition) is 0. The van der Waals surface area contributed by atoms with Crippen molar-refractivity contribution < 1.29 is 17.6 Å². The summed E-state index contributed by atoms with van der Waals surface area (Å²) in [6, 6.07) is 16.6. The molecule has 4 aromatic rings. The van der Waals surface area contributed by atoms with Crippen molar-refractivity contribution in [2.75, 3.05) is 0 Å². The molecule has 0 N–H and O–H groups in total. The second-order valence-corrected chi connectivity index (χ2v) is 11.4. The molecule has 0 aromatic heterocycles. The van der Waals surface area contributed by atoms with Crippen LogP contribution >= 0.6 is 0 Å². The molecule has 0 nitrogen and oxygen atoms in total. The van der Waals surface area contributed by atoms with E-state index in [1.54, 1.807) is 39.8 Å². The third kappa shape index (κ3) is 9.58. The predicted molar refractivity (Wildman–Crippen MR) is 170 cm³/mol. The lowest BCUT2D eigenvalue weighted by molar-refractivity contribution is 0.599. The smallest absolute Gasteiger partial charge is 0.129 e. The van der Waals surface area contributed by atoms with Gasteiger partial charge in [0.1, 0.15) is 23.3 Å². The first-order valence-electron chi connectivity index (χ1n) is 14.6. The van der Waals surface area contributed by atoms with Crippen LogP contribution in [0.15, 0.2) is 54.6 Å². The molecule has 0 amide bonds. The molecule has 0 unspecified atom stereocenters. The van der Waals surface area contributed by atoms with Crippen LogP contribution in [0.5, 0.6) is 0 Å². The third-order valence-electron chi connectivity index (χ3n) is 7.78. The SMILES string of the molecule is CCc1c(C)ccc(C)c1F.Cc1ccc(C)c(C2CC2)c1F.Cc1ccc(C)c(F)c1.Cc1ccc(C)c(F)c1C. The zero-order valence-corrected chi connectivity index (χ0v) is 26.9. The average molecular weight is 579 g/mol. The number of rotatable bonds is 2. The van der Waals surface area contributed by atoms with E-state index in [2.05, 4.69) is 0 Å². The Hall–Kier alpha value is -3.40. The number of benzene rings is 4. The summed E-state index contributed by atoms with van der Waals surface area (Å²) in [4.78, 5) is 0. The van der Waals surface area contributed by atoms with Gasteiger partial charge in [0.05, 0.1) is 0 Å². The van der Waals surface area contributed by atoms with E-state index in [0.29, 0.717) is 11.5 Å². The second kappa shape index (κ2) is 15.7. The minimum Gasteiger partial charge on any atom is -0.207 e. The number of halogens is 4. The Bertz CT molecular complexity index is 1470. The van der Waals surface area contributed by atoms with Gasteiger partial charge in [0.25, 0.3) is 0 Å². The Labute approximate surface area is 250 Å². The molecule has 42 heavy (non-hydrogen) atoms. The summed E-state index contributed by atoms with van der Waals surface area (Å²) in [5.74, 6) is 0.324. The van der Waals surface area contributed by atoms with Gasteiger partial charge in [0.2, 0.25) is 0 Å². The molecule has 0 aliphatic heterocycles. The average Bonchev–Trinajstić information content (AvgIpc) is 3.79. The fourth-order valence-corrected chi connectivity index (χ4v) is 4.56. The lowest BCUT2D eigenvalue weighted by atomic mass is 10.0. The molecule has 0 radical (unpaired) electrons. The van der Waals surface area contributed by atoms with E-state index < -0.39 is 0 Å². The van der Waals surface area contributed by atoms with Gasteiger partial charge in [0.15, 0.2) is 0 Å². The fourth-order valence-electron chi connectivity index (χ4n) is 4.56. The lowest BCUT2D eigenvalue weighted by Gasteiger charge is -2.07. The summed E-state index contributed by atoms with van der Waals surface area (Å²) >= 11 is 0. The van der Waals surface area contributed by atoms with E-state index in [1.165, 1.54) is 18.9 Å². The minimum atomic E-state index is -0.116. The summed E-state index contributed by atoms with van der Waals surface area (Å²) in [6.07, 6.45) is 3.11. The Kier molecular flexibility index (Phi) is 13.0. The highest BCUT2D eigenvalue weighted by atomic mass is 19.1. The summed E-state index contributed by atoms with van der Waals surface area (Å²) in [5.41, 5.74) is 9.69. The maximum absolute atomic E-state index is 13.6.